The molecule has 0 aliphatic carbocycles. The molecule has 1 aromatic rings. The minimum absolute atomic E-state index is 0.256. The van der Waals surface area contributed by atoms with Crippen LogP contribution in [-0.2, 0) is 4.74 Å². The van der Waals surface area contributed by atoms with Crippen LogP contribution in [0.4, 0.5) is 0 Å². The first-order chi connectivity index (χ1) is 10.5. The monoisotopic (exact) mass is 303 g/mol. The minimum atomic E-state index is 0.256. The van der Waals surface area contributed by atoms with Crippen LogP contribution in [0, 0.1) is 0 Å². The van der Waals surface area contributed by atoms with Gasteiger partial charge in [-0.05, 0) is 13.8 Å². The molecule has 0 radical (unpaired) electrons. The molecule has 22 heavy (non-hydrogen) atoms. The number of benzene rings is 1. The van der Waals surface area contributed by atoms with Crippen LogP contribution in [0.2, 0.25) is 0 Å². The molecule has 2 aliphatic heterocycles. The van der Waals surface area contributed by atoms with E-state index in [0.717, 1.165) is 36.3 Å². The molecule has 120 valence electrons. The quantitative estimate of drug-likeness (QED) is 0.472. The third kappa shape index (κ3) is 2.83. The van der Waals surface area contributed by atoms with Gasteiger partial charge in [-0.3, -0.25) is 9.69 Å². The highest BCUT2D eigenvalue weighted by molar-refractivity contribution is 5.97. The Labute approximate surface area is 133 Å². The number of likely N-dealkylation sites (N-methyl/N-ethyl adjacent to an activating group) is 1. The molecule has 4 nitrogen and oxygen atoms in total. The maximum Gasteiger partial charge on any atom is 0.216 e. The topological polar surface area (TPSA) is 29.5 Å². The summed E-state index contributed by atoms with van der Waals surface area (Å²) in [6.45, 7) is 8.87. The molecule has 0 aromatic heterocycles. The first-order valence-electron chi connectivity index (χ1n) is 8.29. The molecule has 1 aromatic carbocycles. The normalized spacial score (nSPS) is 33.4. The Bertz CT molecular complexity index is 527. The Morgan fingerprint density at radius 2 is 1.95 bits per heavy atom. The molecule has 2 aliphatic rings. The molecule has 4 unspecified atom stereocenters. The van der Waals surface area contributed by atoms with E-state index in [1.54, 1.807) is 0 Å². The summed E-state index contributed by atoms with van der Waals surface area (Å²) in [7, 11) is 2.23. The van der Waals surface area contributed by atoms with Crippen LogP contribution in [0.25, 0.3) is 0 Å². The standard InChI is InChI=1S/C18H27N2O2/c1-14(19-9-11-22-12-10-19)18-15(2)20(18,3)13-17(21)16-7-5-4-6-8-16/h4-8,14-15,18H,9-13H2,1-3H3/q+1. The number of carbonyl (C=O) groups excluding carboxylic acids is 1. The number of hydrogen-bond acceptors (Lipinski definition) is 3. The van der Waals surface area contributed by atoms with Gasteiger partial charge in [0, 0.05) is 18.7 Å². The molecule has 0 spiro atoms. The number of nitrogens with zero attached hydrogens (tertiary/aromatic N) is 2. The Hall–Kier alpha value is -1.23. The highest BCUT2D eigenvalue weighted by Crippen LogP contribution is 2.41. The van der Waals surface area contributed by atoms with E-state index in [1.807, 2.05) is 30.3 Å². The summed E-state index contributed by atoms with van der Waals surface area (Å²) in [6.07, 6.45) is 0. The molecule has 2 heterocycles. The predicted molar refractivity (Wildman–Crippen MR) is 86.9 cm³/mol. The molecule has 0 saturated carbocycles. The molecule has 0 amide bonds. The van der Waals surface area contributed by atoms with E-state index in [1.165, 1.54) is 0 Å². The Morgan fingerprint density at radius 1 is 1.32 bits per heavy atom. The highest BCUT2D eigenvalue weighted by Gasteiger charge is 2.64. The van der Waals surface area contributed by atoms with Crippen molar-refractivity contribution in [3.8, 4) is 0 Å². The van der Waals surface area contributed by atoms with Gasteiger partial charge in [-0.25, -0.2) is 0 Å². The summed E-state index contributed by atoms with van der Waals surface area (Å²) in [5.74, 6) is 0.256. The fourth-order valence-corrected chi connectivity index (χ4v) is 4.11. The molecular formula is C18H27N2O2+. The van der Waals surface area contributed by atoms with Crippen molar-refractivity contribution in [1.29, 1.82) is 0 Å². The van der Waals surface area contributed by atoms with Gasteiger partial charge in [0.2, 0.25) is 5.78 Å². The second kappa shape index (κ2) is 6.11. The van der Waals surface area contributed by atoms with Crippen LogP contribution in [0.3, 0.4) is 0 Å². The van der Waals surface area contributed by atoms with E-state index in [0.29, 0.717) is 24.7 Å². The summed E-state index contributed by atoms with van der Waals surface area (Å²) < 4.78 is 6.32. The third-order valence-corrected chi connectivity index (χ3v) is 5.71. The molecular weight excluding hydrogens is 276 g/mol. The lowest BCUT2D eigenvalue weighted by Crippen LogP contribution is -2.47. The van der Waals surface area contributed by atoms with Crippen molar-refractivity contribution in [3.05, 3.63) is 35.9 Å². The zero-order chi connectivity index (χ0) is 15.7. The van der Waals surface area contributed by atoms with Crippen LogP contribution in [0.15, 0.2) is 30.3 Å². The van der Waals surface area contributed by atoms with E-state index in [2.05, 4.69) is 25.8 Å². The van der Waals surface area contributed by atoms with Gasteiger partial charge in [-0.15, -0.1) is 0 Å². The van der Waals surface area contributed by atoms with E-state index in [9.17, 15) is 4.79 Å². The zero-order valence-electron chi connectivity index (χ0n) is 13.9. The summed E-state index contributed by atoms with van der Waals surface area (Å²) in [6, 6.07) is 11.3. The Morgan fingerprint density at radius 3 is 2.59 bits per heavy atom. The molecule has 3 rings (SSSR count). The fraction of sp³-hybridized carbons (Fsp3) is 0.611. The molecule has 0 N–H and O–H groups in total. The van der Waals surface area contributed by atoms with Crippen LogP contribution in [0.1, 0.15) is 24.2 Å². The van der Waals surface area contributed by atoms with Crippen molar-refractivity contribution in [2.45, 2.75) is 32.0 Å². The van der Waals surface area contributed by atoms with E-state index in [4.69, 9.17) is 4.74 Å². The SMILES string of the molecule is CC(C1C(C)[N+]1(C)CC(=O)c1ccccc1)N1CCOCC1. The third-order valence-electron chi connectivity index (χ3n) is 5.71. The number of Topliss-reactive ketones (excluding diaryl/α,β-unsaturated/α-hetero) is 1. The predicted octanol–water partition coefficient (Wildman–Crippen LogP) is 1.81. The van der Waals surface area contributed by atoms with Gasteiger partial charge >= 0.3 is 0 Å². The smallest absolute Gasteiger partial charge is 0.216 e. The van der Waals surface area contributed by atoms with Crippen LogP contribution in [0.5, 0.6) is 0 Å². The summed E-state index contributed by atoms with van der Waals surface area (Å²) in [5.41, 5.74) is 0.832. The highest BCUT2D eigenvalue weighted by atomic mass is 16.5. The van der Waals surface area contributed by atoms with E-state index in [-0.39, 0.29) is 5.78 Å². The second-order valence-corrected chi connectivity index (χ2v) is 6.91. The van der Waals surface area contributed by atoms with Gasteiger partial charge in [0.15, 0.2) is 6.04 Å². The number of ether oxygens (including phenoxy) is 1. The fourth-order valence-electron chi connectivity index (χ4n) is 4.11. The first kappa shape index (κ1) is 15.7. The maximum absolute atomic E-state index is 12.5. The lowest BCUT2D eigenvalue weighted by molar-refractivity contribution is -0.796. The molecule has 2 fully saturated rings. The van der Waals surface area contributed by atoms with Crippen molar-refractivity contribution in [2.75, 3.05) is 39.9 Å². The van der Waals surface area contributed by atoms with Crippen molar-refractivity contribution >= 4 is 5.78 Å². The van der Waals surface area contributed by atoms with Gasteiger partial charge < -0.3 is 9.22 Å². The minimum Gasteiger partial charge on any atom is -0.379 e. The van der Waals surface area contributed by atoms with Crippen molar-refractivity contribution < 1.29 is 14.0 Å². The van der Waals surface area contributed by atoms with Crippen molar-refractivity contribution in [1.82, 2.24) is 4.90 Å². The summed E-state index contributed by atoms with van der Waals surface area (Å²) >= 11 is 0. The molecule has 2 saturated heterocycles. The van der Waals surface area contributed by atoms with Crippen molar-refractivity contribution in [3.63, 3.8) is 0 Å². The number of rotatable bonds is 5. The van der Waals surface area contributed by atoms with Crippen LogP contribution in [-0.4, -0.2) is 73.2 Å². The number of ketones is 1. The van der Waals surface area contributed by atoms with Gasteiger partial charge in [0.25, 0.3) is 0 Å². The second-order valence-electron chi connectivity index (χ2n) is 6.91. The first-order valence-corrected chi connectivity index (χ1v) is 8.29. The van der Waals surface area contributed by atoms with E-state index >= 15 is 0 Å². The molecule has 4 atom stereocenters. The Kier molecular flexibility index (Phi) is 4.35. The maximum atomic E-state index is 12.5. The van der Waals surface area contributed by atoms with Gasteiger partial charge in [0.05, 0.1) is 26.3 Å². The Balaban J connectivity index is 1.65. The molecule has 4 heteroatoms. The summed E-state index contributed by atoms with van der Waals surface area (Å²) in [5, 5.41) is 0. The largest absolute Gasteiger partial charge is 0.379 e. The van der Waals surface area contributed by atoms with Gasteiger partial charge in [0.1, 0.15) is 12.6 Å². The average Bonchev–Trinajstić information content (AvgIpc) is 3.08. The number of carbonyl (C=O) groups is 1. The lowest BCUT2D eigenvalue weighted by Gasteiger charge is -2.32. The van der Waals surface area contributed by atoms with Gasteiger partial charge in [-0.2, -0.15) is 0 Å². The van der Waals surface area contributed by atoms with Crippen LogP contribution < -0.4 is 0 Å². The molecule has 0 bridgehead atoms. The van der Waals surface area contributed by atoms with Gasteiger partial charge in [-0.1, -0.05) is 30.3 Å². The van der Waals surface area contributed by atoms with Crippen LogP contribution >= 0.6 is 0 Å². The van der Waals surface area contributed by atoms with Crippen molar-refractivity contribution in [2.24, 2.45) is 0 Å². The summed E-state index contributed by atoms with van der Waals surface area (Å²) in [4.78, 5) is 15.1. The number of quaternary nitrogens is 1. The van der Waals surface area contributed by atoms with E-state index < -0.39 is 0 Å². The number of hydrogen-bond donors (Lipinski definition) is 0. The number of morpholine rings is 1. The zero-order valence-corrected chi connectivity index (χ0v) is 13.9. The lowest BCUT2D eigenvalue weighted by atomic mass is 10.1. The average molecular weight is 303 g/mol.